The van der Waals surface area contributed by atoms with Gasteiger partial charge in [-0.1, -0.05) is 6.07 Å². The van der Waals surface area contributed by atoms with Crippen LogP contribution >= 0.6 is 0 Å². The van der Waals surface area contributed by atoms with Crippen molar-refractivity contribution in [1.29, 1.82) is 0 Å². The number of para-hydroxylation sites is 1. The molecule has 0 bridgehead atoms. The molecular weight excluding hydrogens is 276 g/mol. The van der Waals surface area contributed by atoms with Crippen molar-refractivity contribution in [3.05, 3.63) is 28.3 Å². The maximum absolute atomic E-state index is 11.4. The summed E-state index contributed by atoms with van der Waals surface area (Å²) in [5.74, 6) is 5.36. The van der Waals surface area contributed by atoms with Crippen molar-refractivity contribution >= 4 is 17.1 Å². The third kappa shape index (κ3) is 3.23. The predicted molar refractivity (Wildman–Crippen MR) is 79.2 cm³/mol. The summed E-state index contributed by atoms with van der Waals surface area (Å²) in [4.78, 5) is 12.8. The lowest BCUT2D eigenvalue weighted by atomic mass is 10.0. The second kappa shape index (κ2) is 5.84. The number of morpholine rings is 1. The monoisotopic (exact) mass is 296 g/mol. The van der Waals surface area contributed by atoms with E-state index in [-0.39, 0.29) is 24.1 Å². The number of nitrogens with one attached hydrogen (secondary N) is 1. The number of nitro benzene ring substituents is 1. The number of nitrogens with zero attached hydrogens (tertiary/aromatic N) is 2. The van der Waals surface area contributed by atoms with Crippen LogP contribution in [0.5, 0.6) is 0 Å². The van der Waals surface area contributed by atoms with Crippen molar-refractivity contribution in [2.75, 3.05) is 30.0 Å². The van der Waals surface area contributed by atoms with Crippen molar-refractivity contribution in [1.82, 2.24) is 0 Å². The standard InChI is InChI=1S/C13H20N4O4/c1-13(2)8-16(6-9(7-18)21-13)11-5-3-4-10(15-14)12(11)17(19)20/h3-5,9,15,18H,6-8,14H2,1-2H3. The van der Waals surface area contributed by atoms with Gasteiger partial charge in [0, 0.05) is 13.1 Å². The Morgan fingerprint density at radius 1 is 1.62 bits per heavy atom. The van der Waals surface area contributed by atoms with Gasteiger partial charge in [0.25, 0.3) is 0 Å². The van der Waals surface area contributed by atoms with Crippen molar-refractivity contribution in [2.45, 2.75) is 25.6 Å². The van der Waals surface area contributed by atoms with Crippen molar-refractivity contribution in [2.24, 2.45) is 5.84 Å². The van der Waals surface area contributed by atoms with Gasteiger partial charge in [-0.2, -0.15) is 0 Å². The van der Waals surface area contributed by atoms with Crippen LogP contribution in [0, 0.1) is 10.1 Å². The third-order valence-electron chi connectivity index (χ3n) is 3.38. The molecule has 1 unspecified atom stereocenters. The van der Waals surface area contributed by atoms with Crippen LogP contribution in [0.1, 0.15) is 13.8 Å². The summed E-state index contributed by atoms with van der Waals surface area (Å²) < 4.78 is 5.73. The molecule has 1 fully saturated rings. The molecule has 1 saturated heterocycles. The molecule has 0 spiro atoms. The van der Waals surface area contributed by atoms with E-state index >= 15 is 0 Å². The van der Waals surface area contributed by atoms with Crippen LogP contribution < -0.4 is 16.2 Å². The molecule has 8 nitrogen and oxygen atoms in total. The van der Waals surface area contributed by atoms with Gasteiger partial charge >= 0.3 is 5.69 Å². The molecule has 1 aliphatic rings. The molecule has 0 radical (unpaired) electrons. The van der Waals surface area contributed by atoms with Crippen molar-refractivity contribution in [3.63, 3.8) is 0 Å². The number of nitro groups is 1. The van der Waals surface area contributed by atoms with Gasteiger partial charge in [0.15, 0.2) is 0 Å². The molecule has 2 rings (SSSR count). The van der Waals surface area contributed by atoms with Gasteiger partial charge in [-0.15, -0.1) is 0 Å². The van der Waals surface area contributed by atoms with Crippen molar-refractivity contribution < 1.29 is 14.8 Å². The molecule has 0 aromatic heterocycles. The first-order valence-electron chi connectivity index (χ1n) is 6.65. The van der Waals surface area contributed by atoms with E-state index in [4.69, 9.17) is 10.6 Å². The fourth-order valence-electron chi connectivity index (χ4n) is 2.67. The molecule has 21 heavy (non-hydrogen) atoms. The highest BCUT2D eigenvalue weighted by molar-refractivity contribution is 5.77. The first-order valence-corrected chi connectivity index (χ1v) is 6.65. The first-order chi connectivity index (χ1) is 9.88. The van der Waals surface area contributed by atoms with E-state index in [1.807, 2.05) is 18.7 Å². The van der Waals surface area contributed by atoms with Gasteiger partial charge in [0.05, 0.1) is 23.2 Å². The number of hydrogen-bond donors (Lipinski definition) is 3. The largest absolute Gasteiger partial charge is 0.394 e. The quantitative estimate of drug-likeness (QED) is 0.429. The van der Waals surface area contributed by atoms with Crippen LogP contribution in [-0.2, 0) is 4.74 Å². The van der Waals surface area contributed by atoms with Crippen molar-refractivity contribution in [3.8, 4) is 0 Å². The number of benzene rings is 1. The highest BCUT2D eigenvalue weighted by Crippen LogP contribution is 2.37. The van der Waals surface area contributed by atoms with Gasteiger partial charge in [0.1, 0.15) is 11.4 Å². The zero-order valence-electron chi connectivity index (χ0n) is 12.1. The van der Waals surface area contributed by atoms with E-state index < -0.39 is 10.5 Å². The van der Waals surface area contributed by atoms with Crippen LogP contribution in [0.4, 0.5) is 17.1 Å². The fourth-order valence-corrected chi connectivity index (χ4v) is 2.67. The fraction of sp³-hybridized carbons (Fsp3) is 0.538. The van der Waals surface area contributed by atoms with E-state index in [1.165, 1.54) is 0 Å². The normalized spacial score (nSPS) is 21.1. The molecular formula is C13H20N4O4. The van der Waals surface area contributed by atoms with Gasteiger partial charge < -0.3 is 20.2 Å². The SMILES string of the molecule is CC1(C)CN(c2cccc(NN)c2[N+](=O)[O-])CC(CO)O1. The van der Waals surface area contributed by atoms with Crippen LogP contribution in [0.2, 0.25) is 0 Å². The molecule has 0 aliphatic carbocycles. The average molecular weight is 296 g/mol. The Labute approximate surface area is 122 Å². The maximum Gasteiger partial charge on any atom is 0.316 e. The summed E-state index contributed by atoms with van der Waals surface area (Å²) >= 11 is 0. The Hall–Kier alpha value is -1.90. The first kappa shape index (κ1) is 15.5. The summed E-state index contributed by atoms with van der Waals surface area (Å²) in [5.41, 5.74) is 2.49. The number of ether oxygens (including phenoxy) is 1. The van der Waals surface area contributed by atoms with Gasteiger partial charge in [-0.3, -0.25) is 16.0 Å². The average Bonchev–Trinajstić information content (AvgIpc) is 2.44. The third-order valence-corrected chi connectivity index (χ3v) is 3.38. The number of rotatable bonds is 4. The molecule has 1 aliphatic heterocycles. The smallest absolute Gasteiger partial charge is 0.316 e. The molecule has 116 valence electrons. The minimum absolute atomic E-state index is 0.0746. The summed E-state index contributed by atoms with van der Waals surface area (Å²) in [6.07, 6.45) is -0.386. The number of aliphatic hydroxyl groups is 1. The number of anilines is 2. The molecule has 0 saturated carbocycles. The number of aliphatic hydroxyl groups excluding tert-OH is 1. The highest BCUT2D eigenvalue weighted by atomic mass is 16.6. The van der Waals surface area contributed by atoms with Gasteiger partial charge in [0.2, 0.25) is 0 Å². The Kier molecular flexibility index (Phi) is 4.31. The lowest BCUT2D eigenvalue weighted by molar-refractivity contribution is -0.383. The molecule has 1 aromatic rings. The van der Waals surface area contributed by atoms with E-state index in [0.717, 1.165) is 0 Å². The number of nitrogen functional groups attached to an aromatic ring is 1. The van der Waals surface area contributed by atoms with Crippen LogP contribution in [0.3, 0.4) is 0 Å². The van der Waals surface area contributed by atoms with Crippen LogP contribution in [-0.4, -0.2) is 41.4 Å². The summed E-state index contributed by atoms with van der Waals surface area (Å²) in [7, 11) is 0. The predicted octanol–water partition coefficient (Wildman–Crippen LogP) is 0.856. The summed E-state index contributed by atoms with van der Waals surface area (Å²) in [6, 6.07) is 4.93. The second-order valence-electron chi connectivity index (χ2n) is 5.64. The maximum atomic E-state index is 11.4. The van der Waals surface area contributed by atoms with Crippen LogP contribution in [0.25, 0.3) is 0 Å². The number of hydrogen-bond acceptors (Lipinski definition) is 7. The zero-order valence-corrected chi connectivity index (χ0v) is 12.1. The molecule has 1 heterocycles. The second-order valence-corrected chi connectivity index (χ2v) is 5.64. The Bertz CT molecular complexity index is 535. The highest BCUT2D eigenvalue weighted by Gasteiger charge is 2.36. The Morgan fingerprint density at radius 3 is 2.90 bits per heavy atom. The molecule has 1 aromatic carbocycles. The minimum atomic E-state index is -0.508. The van der Waals surface area contributed by atoms with Crippen LogP contribution in [0.15, 0.2) is 18.2 Å². The van der Waals surface area contributed by atoms with Gasteiger partial charge in [-0.25, -0.2) is 0 Å². The molecule has 1 atom stereocenters. The lowest BCUT2D eigenvalue weighted by Gasteiger charge is -2.43. The number of nitrogens with two attached hydrogens (primary N) is 1. The Balaban J connectivity index is 2.43. The molecule has 8 heteroatoms. The minimum Gasteiger partial charge on any atom is -0.394 e. The Morgan fingerprint density at radius 2 is 2.33 bits per heavy atom. The number of hydrazine groups is 1. The van der Waals surface area contributed by atoms with E-state index in [2.05, 4.69) is 5.43 Å². The van der Waals surface area contributed by atoms with E-state index in [0.29, 0.717) is 18.8 Å². The lowest BCUT2D eigenvalue weighted by Crippen LogP contribution is -2.54. The van der Waals surface area contributed by atoms with E-state index in [9.17, 15) is 15.2 Å². The van der Waals surface area contributed by atoms with Gasteiger partial charge in [-0.05, 0) is 26.0 Å². The zero-order chi connectivity index (χ0) is 15.6. The van der Waals surface area contributed by atoms with E-state index in [1.54, 1.807) is 18.2 Å². The summed E-state index contributed by atoms with van der Waals surface area (Å²) in [6.45, 7) is 4.51. The topological polar surface area (TPSA) is 114 Å². The molecule has 4 N–H and O–H groups in total. The molecule has 0 amide bonds. The summed E-state index contributed by atoms with van der Waals surface area (Å²) in [5, 5.41) is 20.7.